The van der Waals surface area contributed by atoms with Crippen molar-refractivity contribution in [2.75, 3.05) is 13.1 Å². The number of aliphatic hydroxyl groups excluding tert-OH is 1. The lowest BCUT2D eigenvalue weighted by atomic mass is 9.54. The Bertz CT molecular complexity index is 1390. The summed E-state index contributed by atoms with van der Waals surface area (Å²) in [6.07, 6.45) is 6.48. The fourth-order valence-electron chi connectivity index (χ4n) is 8.69. The zero-order valence-electron chi connectivity index (χ0n) is 28.2. The molecule has 4 aliphatic rings. The molecule has 0 unspecified atom stereocenters. The summed E-state index contributed by atoms with van der Waals surface area (Å²) in [5.41, 5.74) is 1.65. The van der Waals surface area contributed by atoms with E-state index in [0.717, 1.165) is 36.3 Å². The van der Waals surface area contributed by atoms with E-state index in [1.54, 1.807) is 30.0 Å². The number of benzene rings is 2. The lowest BCUT2D eigenvalue weighted by Crippen LogP contribution is -2.56. The predicted octanol–water partition coefficient (Wildman–Crippen LogP) is 6.20. The Balaban J connectivity index is 1.30. The van der Waals surface area contributed by atoms with Crippen molar-refractivity contribution in [3.8, 4) is 0 Å². The lowest BCUT2D eigenvalue weighted by molar-refractivity contribution is -0.129. The first kappa shape index (κ1) is 35.0. The molecule has 0 radical (unpaired) electrons. The molecule has 47 heavy (non-hydrogen) atoms. The average molecular weight is 652 g/mol. The number of nitrogens with zero attached hydrogens (tertiary/aromatic N) is 1. The van der Waals surface area contributed by atoms with Crippen molar-refractivity contribution in [1.29, 1.82) is 0 Å². The van der Waals surface area contributed by atoms with Gasteiger partial charge in [0.15, 0.2) is 0 Å². The van der Waals surface area contributed by atoms with Crippen LogP contribution in [0, 0.1) is 48.1 Å². The number of nitrogens with one attached hydrogen (secondary N) is 2. The molecule has 3 amide bonds. The van der Waals surface area contributed by atoms with Crippen molar-refractivity contribution in [2.45, 2.75) is 104 Å². The van der Waals surface area contributed by atoms with Gasteiger partial charge in [-0.25, -0.2) is 8.78 Å². The molecule has 0 saturated heterocycles. The molecule has 4 saturated carbocycles. The van der Waals surface area contributed by atoms with E-state index in [0.29, 0.717) is 30.5 Å². The average Bonchev–Trinajstić information content (AvgIpc) is 3.00. The molecule has 9 heteroatoms. The van der Waals surface area contributed by atoms with Crippen LogP contribution in [0.15, 0.2) is 36.4 Å². The zero-order valence-corrected chi connectivity index (χ0v) is 28.2. The Morgan fingerprint density at radius 2 is 1.45 bits per heavy atom. The molecule has 0 aromatic heterocycles. The van der Waals surface area contributed by atoms with E-state index in [1.165, 1.54) is 44.2 Å². The van der Waals surface area contributed by atoms with Crippen molar-refractivity contribution in [3.05, 3.63) is 70.3 Å². The van der Waals surface area contributed by atoms with Gasteiger partial charge >= 0.3 is 0 Å². The first-order chi connectivity index (χ1) is 22.4. The Hall–Kier alpha value is -3.33. The minimum Gasteiger partial charge on any atom is -0.391 e. The molecule has 0 heterocycles. The van der Waals surface area contributed by atoms with Gasteiger partial charge in [-0.1, -0.05) is 20.8 Å². The molecule has 3 atom stereocenters. The second-order valence-electron chi connectivity index (χ2n) is 14.6. The van der Waals surface area contributed by atoms with E-state index in [2.05, 4.69) is 10.6 Å². The minimum absolute atomic E-state index is 0.0517. The topological polar surface area (TPSA) is 98.7 Å². The molecule has 256 valence electrons. The van der Waals surface area contributed by atoms with E-state index in [-0.39, 0.29) is 41.8 Å². The van der Waals surface area contributed by atoms with Gasteiger partial charge in [-0.3, -0.25) is 14.4 Å². The molecule has 2 aromatic carbocycles. The van der Waals surface area contributed by atoms with Crippen LogP contribution in [0.4, 0.5) is 8.78 Å². The summed E-state index contributed by atoms with van der Waals surface area (Å²) in [6.45, 7) is 8.81. The van der Waals surface area contributed by atoms with Gasteiger partial charge in [0.25, 0.3) is 11.8 Å². The third kappa shape index (κ3) is 8.59. The Morgan fingerprint density at radius 1 is 0.872 bits per heavy atom. The molecule has 0 spiro atoms. The van der Waals surface area contributed by atoms with E-state index in [4.69, 9.17) is 0 Å². The third-order valence-corrected chi connectivity index (χ3v) is 10.6. The highest BCUT2D eigenvalue weighted by Gasteiger charge is 2.48. The van der Waals surface area contributed by atoms with Crippen molar-refractivity contribution in [2.24, 2.45) is 29.6 Å². The SMILES string of the molecule is CCCN(CCC)C(=O)c1cc(C)cc(C(=O)N[C@@H](Cc2cc(F)cc(F)c2)[C@@H](O)C[C@@H](C)C(=O)NC2C3CC4CC(C3)CC2C4)c1. The highest BCUT2D eigenvalue weighted by atomic mass is 19.1. The summed E-state index contributed by atoms with van der Waals surface area (Å²) in [7, 11) is 0. The summed E-state index contributed by atoms with van der Waals surface area (Å²) < 4.78 is 28.3. The van der Waals surface area contributed by atoms with Crippen LogP contribution in [0.25, 0.3) is 0 Å². The van der Waals surface area contributed by atoms with Crippen molar-refractivity contribution in [1.82, 2.24) is 15.5 Å². The number of amides is 3. The van der Waals surface area contributed by atoms with Gasteiger partial charge in [-0.15, -0.1) is 0 Å². The fourth-order valence-corrected chi connectivity index (χ4v) is 8.69. The first-order valence-electron chi connectivity index (χ1n) is 17.6. The van der Waals surface area contributed by atoms with Gasteiger partial charge in [0, 0.05) is 42.2 Å². The first-order valence-corrected chi connectivity index (χ1v) is 17.6. The van der Waals surface area contributed by atoms with E-state index in [9.17, 15) is 28.3 Å². The highest BCUT2D eigenvalue weighted by molar-refractivity contribution is 6.00. The maximum atomic E-state index is 14.1. The fraction of sp³-hybridized carbons (Fsp3) is 0.605. The maximum Gasteiger partial charge on any atom is 0.253 e. The van der Waals surface area contributed by atoms with Crippen LogP contribution in [-0.4, -0.2) is 59.0 Å². The maximum absolute atomic E-state index is 14.1. The Labute approximate surface area is 277 Å². The van der Waals surface area contributed by atoms with Crippen LogP contribution >= 0.6 is 0 Å². The minimum atomic E-state index is -1.18. The van der Waals surface area contributed by atoms with E-state index < -0.39 is 35.6 Å². The number of hydrogen-bond acceptors (Lipinski definition) is 4. The van der Waals surface area contributed by atoms with Gasteiger partial charge in [0.1, 0.15) is 11.6 Å². The summed E-state index contributed by atoms with van der Waals surface area (Å²) in [6, 6.07) is 7.32. The zero-order chi connectivity index (χ0) is 33.8. The third-order valence-electron chi connectivity index (χ3n) is 10.6. The Morgan fingerprint density at radius 3 is 2.02 bits per heavy atom. The lowest BCUT2D eigenvalue weighted by Gasteiger charge is -2.54. The molecule has 7 nitrogen and oxygen atoms in total. The van der Waals surface area contributed by atoms with E-state index >= 15 is 0 Å². The molecule has 3 N–H and O–H groups in total. The summed E-state index contributed by atoms with van der Waals surface area (Å²) in [5.74, 6) is -0.238. The van der Waals surface area contributed by atoms with Gasteiger partial charge in [-0.2, -0.15) is 0 Å². The molecule has 4 bridgehead atoms. The largest absolute Gasteiger partial charge is 0.391 e. The quantitative estimate of drug-likeness (QED) is 0.227. The number of halogens is 2. The molecule has 0 aliphatic heterocycles. The number of hydrogen-bond donors (Lipinski definition) is 3. The molecule has 4 fully saturated rings. The second kappa shape index (κ2) is 15.3. The number of aryl methyl sites for hydroxylation is 1. The standard InChI is InChI=1S/C38H51F2N3O4/c1-5-7-43(8-6-2)38(47)30-10-22(3)9-29(20-30)37(46)41-33(19-26-17-31(39)21-32(40)18-26)34(44)11-23(4)36(45)42-35-27-13-24-12-25(15-27)16-28(35)14-24/h9-10,17-18,20-21,23-25,27-28,33-35,44H,5-8,11-16,19H2,1-4H3,(H,41,46)(H,42,45)/t23-,24?,25?,27?,28?,33+,34+,35?/m1/s1. The van der Waals surface area contributed by atoms with Gasteiger partial charge < -0.3 is 20.6 Å². The van der Waals surface area contributed by atoms with Crippen LogP contribution in [0.1, 0.15) is 104 Å². The molecular formula is C38H51F2N3O4. The van der Waals surface area contributed by atoms with Crippen LogP contribution in [-0.2, 0) is 11.2 Å². The van der Waals surface area contributed by atoms with Crippen LogP contribution < -0.4 is 10.6 Å². The monoisotopic (exact) mass is 651 g/mol. The van der Waals surface area contributed by atoms with Gasteiger partial charge in [0.2, 0.25) is 5.91 Å². The van der Waals surface area contributed by atoms with Crippen LogP contribution in [0.3, 0.4) is 0 Å². The smallest absolute Gasteiger partial charge is 0.253 e. The van der Waals surface area contributed by atoms with Gasteiger partial charge in [0.05, 0.1) is 12.1 Å². The van der Waals surface area contributed by atoms with Crippen LogP contribution in [0.2, 0.25) is 0 Å². The van der Waals surface area contributed by atoms with E-state index in [1.807, 2.05) is 20.8 Å². The number of carbonyl (C=O) groups is 3. The van der Waals surface area contributed by atoms with Crippen molar-refractivity contribution in [3.63, 3.8) is 0 Å². The van der Waals surface area contributed by atoms with Crippen LogP contribution in [0.5, 0.6) is 0 Å². The molecule has 2 aromatic rings. The summed E-state index contributed by atoms with van der Waals surface area (Å²) >= 11 is 0. The normalized spacial score (nSPS) is 24.8. The Kier molecular flexibility index (Phi) is 11.4. The van der Waals surface area contributed by atoms with Crippen molar-refractivity contribution >= 4 is 17.7 Å². The predicted molar refractivity (Wildman–Crippen MR) is 178 cm³/mol. The highest BCUT2D eigenvalue weighted by Crippen LogP contribution is 2.53. The summed E-state index contributed by atoms with van der Waals surface area (Å²) in [5, 5.41) is 17.7. The molecule has 4 aliphatic carbocycles. The second-order valence-corrected chi connectivity index (χ2v) is 14.6. The van der Waals surface area contributed by atoms with Crippen molar-refractivity contribution < 1.29 is 28.3 Å². The molecular weight excluding hydrogens is 600 g/mol. The molecule has 6 rings (SSSR count). The number of carbonyl (C=O) groups excluding carboxylic acids is 3. The number of rotatable bonds is 14. The van der Waals surface area contributed by atoms with Gasteiger partial charge in [-0.05, 0) is 130 Å². The number of aliphatic hydroxyl groups is 1. The summed E-state index contributed by atoms with van der Waals surface area (Å²) in [4.78, 5) is 42.2.